The molecule has 0 unspecified atom stereocenters. The highest BCUT2D eigenvalue weighted by molar-refractivity contribution is 5.76. The van der Waals surface area contributed by atoms with Crippen LogP contribution in [0, 0.1) is 5.92 Å². The number of benzene rings is 2. The summed E-state index contributed by atoms with van der Waals surface area (Å²) in [6.45, 7) is 0.302. The van der Waals surface area contributed by atoms with Crippen LogP contribution in [0.1, 0.15) is 17.5 Å². The van der Waals surface area contributed by atoms with Crippen molar-refractivity contribution >= 4 is 5.91 Å². The molecule has 116 valence electrons. The molecule has 1 amide bonds. The first-order valence-electron chi connectivity index (χ1n) is 7.73. The Hall–Kier alpha value is -2.13. The van der Waals surface area contributed by atoms with Crippen LogP contribution in [0.3, 0.4) is 0 Å². The van der Waals surface area contributed by atoms with Crippen molar-refractivity contribution in [2.45, 2.75) is 19.3 Å². The minimum atomic E-state index is -0.0201. The average Bonchev–Trinajstić information content (AvgIpc) is 2.55. The zero-order valence-electron chi connectivity index (χ0n) is 12.7. The maximum absolute atomic E-state index is 12.0. The molecule has 0 saturated heterocycles. The molecular weight excluding hydrogens is 274 g/mol. The first-order valence-corrected chi connectivity index (χ1v) is 7.73. The summed E-state index contributed by atoms with van der Waals surface area (Å²) in [6, 6.07) is 20.5. The molecule has 0 bridgehead atoms. The Morgan fingerprint density at radius 3 is 1.86 bits per heavy atom. The molecule has 0 aliphatic carbocycles. The summed E-state index contributed by atoms with van der Waals surface area (Å²) < 4.78 is 0. The third-order valence-electron chi connectivity index (χ3n) is 3.64. The van der Waals surface area contributed by atoms with Crippen LogP contribution < -0.4 is 5.32 Å². The number of carbonyl (C=O) groups excluding carboxylic acids is 1. The van der Waals surface area contributed by atoms with Gasteiger partial charge < -0.3 is 10.4 Å². The Bertz CT molecular complexity index is 513. The fraction of sp³-hybridized carbons (Fsp3) is 0.316. The number of nitrogens with one attached hydrogen (secondary N) is 1. The lowest BCUT2D eigenvalue weighted by Gasteiger charge is -2.17. The second-order valence-corrected chi connectivity index (χ2v) is 5.52. The van der Waals surface area contributed by atoms with Crippen molar-refractivity contribution in [3.8, 4) is 0 Å². The van der Waals surface area contributed by atoms with Crippen molar-refractivity contribution in [1.82, 2.24) is 5.32 Å². The molecule has 0 atom stereocenters. The van der Waals surface area contributed by atoms with E-state index in [4.69, 9.17) is 5.11 Å². The minimum absolute atomic E-state index is 0.00547. The molecule has 2 aromatic carbocycles. The Kier molecular flexibility index (Phi) is 6.65. The van der Waals surface area contributed by atoms with Crippen LogP contribution in [0.2, 0.25) is 0 Å². The van der Waals surface area contributed by atoms with Gasteiger partial charge in [-0.2, -0.15) is 0 Å². The summed E-state index contributed by atoms with van der Waals surface area (Å²) in [5.41, 5.74) is 2.50. The predicted octanol–water partition coefficient (Wildman–Crippen LogP) is 2.59. The monoisotopic (exact) mass is 297 g/mol. The van der Waals surface area contributed by atoms with Gasteiger partial charge in [-0.15, -0.1) is 0 Å². The van der Waals surface area contributed by atoms with Gasteiger partial charge in [0.15, 0.2) is 0 Å². The SMILES string of the molecule is O=C(CC(Cc1ccccc1)Cc1ccccc1)NCCO. The molecule has 3 heteroatoms. The molecule has 0 aliphatic heterocycles. The molecule has 0 spiro atoms. The molecule has 2 aromatic rings. The van der Waals surface area contributed by atoms with Gasteiger partial charge in [-0.05, 0) is 29.9 Å². The number of hydrogen-bond acceptors (Lipinski definition) is 2. The van der Waals surface area contributed by atoms with Crippen molar-refractivity contribution in [3.05, 3.63) is 71.8 Å². The second kappa shape index (κ2) is 9.00. The van der Waals surface area contributed by atoms with Gasteiger partial charge in [0.2, 0.25) is 5.91 Å². The molecule has 3 nitrogen and oxygen atoms in total. The molecule has 0 heterocycles. The molecule has 0 fully saturated rings. The van der Waals surface area contributed by atoms with Gasteiger partial charge in [0.1, 0.15) is 0 Å². The maximum Gasteiger partial charge on any atom is 0.220 e. The first-order chi connectivity index (χ1) is 10.8. The van der Waals surface area contributed by atoms with Crippen molar-refractivity contribution in [1.29, 1.82) is 0 Å². The van der Waals surface area contributed by atoms with Crippen LogP contribution in [0.4, 0.5) is 0 Å². The van der Waals surface area contributed by atoms with E-state index in [0.717, 1.165) is 12.8 Å². The van der Waals surface area contributed by atoms with E-state index in [2.05, 4.69) is 29.6 Å². The number of aliphatic hydroxyl groups excluding tert-OH is 1. The smallest absolute Gasteiger partial charge is 0.220 e. The van der Waals surface area contributed by atoms with Crippen molar-refractivity contribution in [3.63, 3.8) is 0 Å². The normalized spacial score (nSPS) is 10.6. The van der Waals surface area contributed by atoms with Gasteiger partial charge in [0, 0.05) is 13.0 Å². The van der Waals surface area contributed by atoms with E-state index in [-0.39, 0.29) is 18.4 Å². The van der Waals surface area contributed by atoms with E-state index in [1.165, 1.54) is 11.1 Å². The first kappa shape index (κ1) is 16.2. The summed E-state index contributed by atoms with van der Waals surface area (Å²) in [4.78, 5) is 12.0. The van der Waals surface area contributed by atoms with Gasteiger partial charge >= 0.3 is 0 Å². The quantitative estimate of drug-likeness (QED) is 0.787. The van der Waals surface area contributed by atoms with Crippen molar-refractivity contribution in [2.24, 2.45) is 5.92 Å². The van der Waals surface area contributed by atoms with Crippen LogP contribution >= 0.6 is 0 Å². The topological polar surface area (TPSA) is 49.3 Å². The van der Waals surface area contributed by atoms with Crippen LogP contribution in [0.15, 0.2) is 60.7 Å². The van der Waals surface area contributed by atoms with Crippen LogP contribution in [0.25, 0.3) is 0 Å². The molecule has 2 N–H and O–H groups in total. The van der Waals surface area contributed by atoms with E-state index >= 15 is 0 Å². The largest absolute Gasteiger partial charge is 0.395 e. The molecule has 0 aliphatic rings. The van der Waals surface area contributed by atoms with E-state index in [9.17, 15) is 4.79 Å². The lowest BCUT2D eigenvalue weighted by Crippen LogP contribution is -2.29. The van der Waals surface area contributed by atoms with Gasteiger partial charge in [-0.25, -0.2) is 0 Å². The summed E-state index contributed by atoms with van der Waals surface area (Å²) in [6.07, 6.45) is 2.23. The van der Waals surface area contributed by atoms with Crippen LogP contribution in [0.5, 0.6) is 0 Å². The highest BCUT2D eigenvalue weighted by atomic mass is 16.3. The Morgan fingerprint density at radius 2 is 1.41 bits per heavy atom. The summed E-state index contributed by atoms with van der Waals surface area (Å²) >= 11 is 0. The summed E-state index contributed by atoms with van der Waals surface area (Å²) in [5.74, 6) is 0.259. The fourth-order valence-electron chi connectivity index (χ4n) is 2.64. The third-order valence-corrected chi connectivity index (χ3v) is 3.64. The summed E-state index contributed by atoms with van der Waals surface area (Å²) in [7, 11) is 0. The van der Waals surface area contributed by atoms with Gasteiger partial charge in [-0.1, -0.05) is 60.7 Å². The molecule has 0 saturated carbocycles. The molecule has 0 aromatic heterocycles. The molecular formula is C19H23NO2. The Morgan fingerprint density at radius 1 is 0.909 bits per heavy atom. The van der Waals surface area contributed by atoms with Crippen molar-refractivity contribution < 1.29 is 9.90 Å². The predicted molar refractivity (Wildman–Crippen MR) is 88.5 cm³/mol. The highest BCUT2D eigenvalue weighted by Gasteiger charge is 2.15. The lowest BCUT2D eigenvalue weighted by atomic mass is 9.89. The van der Waals surface area contributed by atoms with E-state index in [0.29, 0.717) is 13.0 Å². The van der Waals surface area contributed by atoms with Gasteiger partial charge in [-0.3, -0.25) is 4.79 Å². The number of carbonyl (C=O) groups is 1. The number of rotatable bonds is 8. The third kappa shape index (κ3) is 5.70. The molecule has 0 radical (unpaired) electrons. The van der Waals surface area contributed by atoms with Crippen LogP contribution in [-0.2, 0) is 17.6 Å². The van der Waals surface area contributed by atoms with Crippen LogP contribution in [-0.4, -0.2) is 24.2 Å². The maximum atomic E-state index is 12.0. The highest BCUT2D eigenvalue weighted by Crippen LogP contribution is 2.18. The van der Waals surface area contributed by atoms with Gasteiger partial charge in [0.25, 0.3) is 0 Å². The van der Waals surface area contributed by atoms with E-state index in [1.807, 2.05) is 36.4 Å². The lowest BCUT2D eigenvalue weighted by molar-refractivity contribution is -0.122. The zero-order chi connectivity index (χ0) is 15.6. The minimum Gasteiger partial charge on any atom is -0.395 e. The Balaban J connectivity index is 2.01. The van der Waals surface area contributed by atoms with Gasteiger partial charge in [0.05, 0.1) is 6.61 Å². The standard InChI is InChI=1S/C19H23NO2/c21-12-11-20-19(22)15-18(13-16-7-3-1-4-8-16)14-17-9-5-2-6-10-17/h1-10,18,21H,11-15H2,(H,20,22). The average molecular weight is 297 g/mol. The fourth-order valence-corrected chi connectivity index (χ4v) is 2.64. The van der Waals surface area contributed by atoms with Crippen molar-refractivity contribution in [2.75, 3.05) is 13.2 Å². The number of aliphatic hydroxyl groups is 1. The second-order valence-electron chi connectivity index (χ2n) is 5.52. The number of amides is 1. The molecule has 22 heavy (non-hydrogen) atoms. The number of hydrogen-bond donors (Lipinski definition) is 2. The van der Waals surface area contributed by atoms with E-state index in [1.54, 1.807) is 0 Å². The molecule has 2 rings (SSSR count). The van der Waals surface area contributed by atoms with E-state index < -0.39 is 0 Å². The zero-order valence-corrected chi connectivity index (χ0v) is 12.7. The summed E-state index contributed by atoms with van der Waals surface area (Å²) in [5, 5.41) is 11.6. The Labute approximate surface area is 132 Å².